The van der Waals surface area contributed by atoms with E-state index in [1.54, 1.807) is 4.90 Å². The second kappa shape index (κ2) is 2.88. The Balaban J connectivity index is 1.85. The molecule has 2 amide bonds. The zero-order valence-electron chi connectivity index (χ0n) is 7.03. The summed E-state index contributed by atoms with van der Waals surface area (Å²) in [4.78, 5) is 23.3. The lowest BCUT2D eigenvalue weighted by molar-refractivity contribution is -0.130. The highest BCUT2D eigenvalue weighted by molar-refractivity contribution is 5.89. The van der Waals surface area contributed by atoms with E-state index in [1.807, 2.05) is 0 Å². The fourth-order valence-corrected chi connectivity index (χ4v) is 1.44. The Labute approximate surface area is 75.0 Å². The van der Waals surface area contributed by atoms with E-state index in [4.69, 9.17) is 10.5 Å². The van der Waals surface area contributed by atoms with Crippen molar-refractivity contribution >= 4 is 12.0 Å². The van der Waals surface area contributed by atoms with Crippen LogP contribution in [0, 0.1) is 0 Å². The van der Waals surface area contributed by atoms with Gasteiger partial charge in [-0.2, -0.15) is 0 Å². The van der Waals surface area contributed by atoms with E-state index in [-0.39, 0.29) is 18.0 Å². The minimum absolute atomic E-state index is 0.113. The summed E-state index contributed by atoms with van der Waals surface area (Å²) in [6.07, 6.45) is -0.326. The van der Waals surface area contributed by atoms with E-state index in [0.29, 0.717) is 19.7 Å². The number of β-lactam (4-membered cyclic amide) rings is 1. The summed E-state index contributed by atoms with van der Waals surface area (Å²) in [5, 5.41) is 2.63. The van der Waals surface area contributed by atoms with E-state index in [9.17, 15) is 9.59 Å². The highest BCUT2D eigenvalue weighted by Gasteiger charge is 2.39. The molecule has 2 unspecified atom stereocenters. The number of carbonyl (C=O) groups excluding carboxylic acids is 2. The maximum atomic E-state index is 11.0. The number of hydrogen-bond acceptors (Lipinski definition) is 4. The Hall–Kier alpha value is -1.30. The summed E-state index contributed by atoms with van der Waals surface area (Å²) in [6.45, 7) is 1.46. The molecule has 3 N–H and O–H groups in total. The highest BCUT2D eigenvalue weighted by atomic mass is 16.6. The van der Waals surface area contributed by atoms with Crippen LogP contribution in [-0.2, 0) is 9.53 Å². The molecule has 0 radical (unpaired) electrons. The smallest absolute Gasteiger partial charge is 0.410 e. The van der Waals surface area contributed by atoms with Gasteiger partial charge >= 0.3 is 6.09 Å². The molecule has 2 aliphatic rings. The molecule has 0 aromatic heterocycles. The number of hydrogen-bond donors (Lipinski definition) is 2. The first kappa shape index (κ1) is 8.31. The van der Waals surface area contributed by atoms with Gasteiger partial charge in [-0.3, -0.25) is 4.79 Å². The second-order valence-electron chi connectivity index (χ2n) is 3.20. The van der Waals surface area contributed by atoms with E-state index in [2.05, 4.69) is 5.32 Å². The maximum Gasteiger partial charge on any atom is 0.410 e. The third kappa shape index (κ3) is 1.33. The lowest BCUT2D eigenvalue weighted by Gasteiger charge is -2.35. The third-order valence-electron chi connectivity index (χ3n) is 2.33. The molecule has 0 aromatic rings. The largest absolute Gasteiger partial charge is 0.448 e. The average molecular weight is 185 g/mol. The van der Waals surface area contributed by atoms with Gasteiger partial charge in [0.25, 0.3) is 0 Å². The Bertz CT molecular complexity index is 255. The van der Waals surface area contributed by atoms with Crippen LogP contribution in [0.4, 0.5) is 4.79 Å². The fraction of sp³-hybridized carbons (Fsp3) is 0.714. The van der Waals surface area contributed by atoms with Gasteiger partial charge in [-0.05, 0) is 0 Å². The molecule has 0 bridgehead atoms. The van der Waals surface area contributed by atoms with E-state index in [1.165, 1.54) is 0 Å². The van der Waals surface area contributed by atoms with Crippen molar-refractivity contribution in [2.24, 2.45) is 5.73 Å². The first-order chi connectivity index (χ1) is 6.18. The van der Waals surface area contributed by atoms with Crippen molar-refractivity contribution in [3.8, 4) is 0 Å². The molecule has 0 spiro atoms. The van der Waals surface area contributed by atoms with Gasteiger partial charge in [0, 0.05) is 6.54 Å². The lowest BCUT2D eigenvalue weighted by atomic mass is 10.00. The van der Waals surface area contributed by atoms with Crippen molar-refractivity contribution in [2.45, 2.75) is 12.1 Å². The minimum Gasteiger partial charge on any atom is -0.448 e. The van der Waals surface area contributed by atoms with Crippen molar-refractivity contribution in [3.05, 3.63) is 0 Å². The number of rotatable bonds is 2. The summed E-state index contributed by atoms with van der Waals surface area (Å²) >= 11 is 0. The van der Waals surface area contributed by atoms with Crippen LogP contribution in [0.25, 0.3) is 0 Å². The quantitative estimate of drug-likeness (QED) is 0.500. The van der Waals surface area contributed by atoms with Crippen LogP contribution in [-0.4, -0.2) is 48.7 Å². The predicted octanol–water partition coefficient (Wildman–Crippen LogP) is -1.74. The Kier molecular flexibility index (Phi) is 1.84. The Morgan fingerprint density at radius 3 is 2.85 bits per heavy atom. The SMILES string of the molecule is NC1C(=O)NC1CN1CCOC1=O. The summed E-state index contributed by atoms with van der Waals surface area (Å²) in [7, 11) is 0. The molecule has 2 fully saturated rings. The summed E-state index contributed by atoms with van der Waals surface area (Å²) in [6, 6.07) is -0.591. The summed E-state index contributed by atoms with van der Waals surface area (Å²) in [5.41, 5.74) is 5.50. The average Bonchev–Trinajstić information content (AvgIpc) is 2.51. The van der Waals surface area contributed by atoms with Crippen molar-refractivity contribution < 1.29 is 14.3 Å². The van der Waals surface area contributed by atoms with Crippen LogP contribution in [0.2, 0.25) is 0 Å². The molecule has 2 heterocycles. The molecule has 0 aliphatic carbocycles. The van der Waals surface area contributed by atoms with Gasteiger partial charge < -0.3 is 20.7 Å². The molecule has 0 saturated carbocycles. The van der Waals surface area contributed by atoms with Crippen molar-refractivity contribution in [1.29, 1.82) is 0 Å². The minimum atomic E-state index is -0.478. The van der Waals surface area contributed by atoms with Gasteiger partial charge in [-0.1, -0.05) is 0 Å². The highest BCUT2D eigenvalue weighted by Crippen LogP contribution is 2.09. The van der Waals surface area contributed by atoms with E-state index in [0.717, 1.165) is 0 Å². The number of cyclic esters (lactones) is 1. The standard InChI is InChI=1S/C7H11N3O3/c8-5-4(9-6(5)11)3-10-1-2-13-7(10)12/h4-5H,1-3,8H2,(H,9,11). The van der Waals surface area contributed by atoms with Crippen molar-refractivity contribution in [1.82, 2.24) is 10.2 Å². The summed E-state index contributed by atoms with van der Waals surface area (Å²) in [5.74, 6) is -0.155. The molecule has 0 aromatic carbocycles. The van der Waals surface area contributed by atoms with E-state index < -0.39 is 6.04 Å². The molecule has 72 valence electrons. The van der Waals surface area contributed by atoms with Crippen LogP contribution in [0.15, 0.2) is 0 Å². The molecule has 13 heavy (non-hydrogen) atoms. The molecule has 6 heteroatoms. The number of nitrogens with zero attached hydrogens (tertiary/aromatic N) is 1. The Morgan fingerprint density at radius 1 is 1.62 bits per heavy atom. The molecular formula is C7H11N3O3. The molecule has 2 atom stereocenters. The van der Waals surface area contributed by atoms with Gasteiger partial charge in [0.05, 0.1) is 12.6 Å². The monoisotopic (exact) mass is 185 g/mol. The summed E-state index contributed by atoms with van der Waals surface area (Å²) < 4.78 is 4.73. The zero-order valence-corrected chi connectivity index (χ0v) is 7.03. The van der Waals surface area contributed by atoms with Crippen LogP contribution in [0.5, 0.6) is 0 Å². The fourth-order valence-electron chi connectivity index (χ4n) is 1.44. The number of nitrogens with one attached hydrogen (secondary N) is 1. The lowest BCUT2D eigenvalue weighted by Crippen LogP contribution is -2.69. The predicted molar refractivity (Wildman–Crippen MR) is 42.8 cm³/mol. The van der Waals surface area contributed by atoms with Gasteiger partial charge in [-0.25, -0.2) is 4.79 Å². The normalized spacial score (nSPS) is 32.5. The first-order valence-corrected chi connectivity index (χ1v) is 4.16. The number of carbonyl (C=O) groups is 2. The molecule has 6 nitrogen and oxygen atoms in total. The van der Waals surface area contributed by atoms with Crippen molar-refractivity contribution in [2.75, 3.05) is 19.7 Å². The van der Waals surface area contributed by atoms with Crippen LogP contribution in [0.1, 0.15) is 0 Å². The first-order valence-electron chi connectivity index (χ1n) is 4.16. The Morgan fingerprint density at radius 2 is 2.38 bits per heavy atom. The van der Waals surface area contributed by atoms with Gasteiger partial charge in [0.2, 0.25) is 5.91 Å². The topological polar surface area (TPSA) is 84.7 Å². The third-order valence-corrected chi connectivity index (χ3v) is 2.33. The second-order valence-corrected chi connectivity index (χ2v) is 3.20. The molecular weight excluding hydrogens is 174 g/mol. The number of nitrogens with two attached hydrogens (primary N) is 1. The maximum absolute atomic E-state index is 11.0. The molecule has 2 rings (SSSR count). The van der Waals surface area contributed by atoms with Crippen LogP contribution in [0.3, 0.4) is 0 Å². The number of amides is 2. The van der Waals surface area contributed by atoms with Gasteiger partial charge in [0.1, 0.15) is 12.6 Å². The number of ether oxygens (including phenoxy) is 1. The van der Waals surface area contributed by atoms with Crippen molar-refractivity contribution in [3.63, 3.8) is 0 Å². The zero-order chi connectivity index (χ0) is 9.42. The van der Waals surface area contributed by atoms with E-state index >= 15 is 0 Å². The molecule has 2 aliphatic heterocycles. The van der Waals surface area contributed by atoms with Crippen LogP contribution < -0.4 is 11.1 Å². The van der Waals surface area contributed by atoms with Crippen LogP contribution >= 0.6 is 0 Å². The van der Waals surface area contributed by atoms with Gasteiger partial charge in [-0.15, -0.1) is 0 Å². The molecule has 2 saturated heterocycles. The van der Waals surface area contributed by atoms with Gasteiger partial charge in [0.15, 0.2) is 0 Å².